The van der Waals surface area contributed by atoms with Gasteiger partial charge in [0.25, 0.3) is 0 Å². The lowest BCUT2D eigenvalue weighted by molar-refractivity contribution is -0.935. The maximum atomic E-state index is 11.7. The molecule has 0 aliphatic carbocycles. The van der Waals surface area contributed by atoms with Crippen LogP contribution in [0.3, 0.4) is 0 Å². The third-order valence-electron chi connectivity index (χ3n) is 4.92. The summed E-state index contributed by atoms with van der Waals surface area (Å²) in [5, 5.41) is 0.392. The number of rotatable bonds is 1. The van der Waals surface area contributed by atoms with Gasteiger partial charge in [-0.05, 0) is 20.9 Å². The topological polar surface area (TPSA) is 20.3 Å². The lowest BCUT2D eigenvalue weighted by Crippen LogP contribution is -2.62. The SMILES string of the molecule is CC(C)[N+]1(C)CCC2(CC1)SC(=O)CCN2C. The summed E-state index contributed by atoms with van der Waals surface area (Å²) in [5.74, 6) is 0. The fraction of sp³-hybridized carbons (Fsp3) is 0.923. The molecule has 2 aliphatic rings. The number of piperidine rings is 1. The van der Waals surface area contributed by atoms with Crippen molar-refractivity contribution in [3.63, 3.8) is 0 Å². The Bertz CT molecular complexity index is 309. The second-order valence-electron chi connectivity index (χ2n) is 6.11. The van der Waals surface area contributed by atoms with Crippen molar-refractivity contribution in [2.75, 3.05) is 33.7 Å². The Labute approximate surface area is 109 Å². The molecule has 4 heteroatoms. The van der Waals surface area contributed by atoms with E-state index >= 15 is 0 Å². The van der Waals surface area contributed by atoms with Gasteiger partial charge in [0, 0.05) is 25.8 Å². The van der Waals surface area contributed by atoms with Gasteiger partial charge in [0.1, 0.15) is 0 Å². The highest BCUT2D eigenvalue weighted by Gasteiger charge is 2.47. The predicted octanol–water partition coefficient (Wildman–Crippen LogP) is 1.93. The van der Waals surface area contributed by atoms with Gasteiger partial charge in [0.2, 0.25) is 0 Å². The van der Waals surface area contributed by atoms with E-state index in [1.807, 2.05) is 0 Å². The Kier molecular flexibility index (Phi) is 3.59. The smallest absolute Gasteiger partial charge is 0.192 e. The van der Waals surface area contributed by atoms with Gasteiger partial charge >= 0.3 is 0 Å². The van der Waals surface area contributed by atoms with Gasteiger partial charge in [-0.15, -0.1) is 0 Å². The zero-order chi connectivity index (χ0) is 12.7. The van der Waals surface area contributed by atoms with Crippen molar-refractivity contribution in [3.8, 4) is 0 Å². The van der Waals surface area contributed by atoms with E-state index in [4.69, 9.17) is 0 Å². The van der Waals surface area contributed by atoms with Crippen molar-refractivity contribution in [3.05, 3.63) is 0 Å². The molecule has 2 heterocycles. The Morgan fingerprint density at radius 2 is 1.94 bits per heavy atom. The molecule has 98 valence electrons. The molecule has 0 aromatic rings. The number of carbonyl (C=O) groups excluding carboxylic acids is 1. The summed E-state index contributed by atoms with van der Waals surface area (Å²) in [6.07, 6.45) is 3.02. The summed E-state index contributed by atoms with van der Waals surface area (Å²) in [5.41, 5.74) is 0. The van der Waals surface area contributed by atoms with Gasteiger partial charge in [0.05, 0.1) is 31.0 Å². The number of thioether (sulfide) groups is 1. The van der Waals surface area contributed by atoms with E-state index in [-0.39, 0.29) is 4.87 Å². The van der Waals surface area contributed by atoms with Gasteiger partial charge < -0.3 is 4.48 Å². The van der Waals surface area contributed by atoms with Crippen LogP contribution in [-0.4, -0.2) is 59.1 Å². The first-order valence-corrected chi connectivity index (χ1v) is 7.47. The van der Waals surface area contributed by atoms with Crippen LogP contribution in [0.15, 0.2) is 0 Å². The van der Waals surface area contributed by atoms with Crippen LogP contribution in [0, 0.1) is 0 Å². The van der Waals surface area contributed by atoms with E-state index in [1.165, 1.54) is 13.1 Å². The molecule has 0 N–H and O–H groups in total. The normalized spacial score (nSPS) is 40.2. The molecule has 0 radical (unpaired) electrons. The Balaban J connectivity index is 2.08. The third kappa shape index (κ3) is 2.40. The first-order chi connectivity index (χ1) is 7.88. The summed E-state index contributed by atoms with van der Waals surface area (Å²) < 4.78 is 1.16. The molecule has 0 amide bonds. The van der Waals surface area contributed by atoms with Gasteiger partial charge in [0.15, 0.2) is 5.12 Å². The molecule has 0 atom stereocenters. The number of quaternary nitrogens is 1. The minimum atomic E-state index is 0.113. The molecule has 2 aliphatic heterocycles. The van der Waals surface area contributed by atoms with Crippen molar-refractivity contribution in [2.24, 2.45) is 0 Å². The molecular weight excluding hydrogens is 232 g/mol. The molecule has 2 fully saturated rings. The lowest BCUT2D eigenvalue weighted by atomic mass is 9.98. The second-order valence-corrected chi connectivity index (χ2v) is 7.53. The Morgan fingerprint density at radius 1 is 1.35 bits per heavy atom. The van der Waals surface area contributed by atoms with Gasteiger partial charge in [-0.25, -0.2) is 0 Å². The number of carbonyl (C=O) groups is 1. The van der Waals surface area contributed by atoms with E-state index in [9.17, 15) is 4.79 Å². The molecule has 1 spiro atoms. The molecule has 2 saturated heterocycles. The van der Waals surface area contributed by atoms with Crippen molar-refractivity contribution in [2.45, 2.75) is 44.0 Å². The summed E-state index contributed by atoms with van der Waals surface area (Å²) in [4.78, 5) is 14.2. The highest BCUT2D eigenvalue weighted by molar-refractivity contribution is 8.14. The van der Waals surface area contributed by atoms with Crippen LogP contribution in [-0.2, 0) is 4.79 Å². The molecule has 0 bridgehead atoms. The van der Waals surface area contributed by atoms with Crippen molar-refractivity contribution < 1.29 is 9.28 Å². The third-order valence-corrected chi connectivity index (χ3v) is 6.46. The van der Waals surface area contributed by atoms with E-state index in [0.717, 1.165) is 30.3 Å². The van der Waals surface area contributed by atoms with E-state index < -0.39 is 0 Å². The molecule has 2 rings (SSSR count). The average molecular weight is 257 g/mol. The highest BCUT2D eigenvalue weighted by Crippen LogP contribution is 2.44. The van der Waals surface area contributed by atoms with Crippen molar-refractivity contribution in [1.29, 1.82) is 0 Å². The van der Waals surface area contributed by atoms with Crippen LogP contribution in [0.25, 0.3) is 0 Å². The molecule has 17 heavy (non-hydrogen) atoms. The monoisotopic (exact) mass is 257 g/mol. The largest absolute Gasteiger partial charge is 0.324 e. The molecule has 0 unspecified atom stereocenters. The first-order valence-electron chi connectivity index (χ1n) is 6.65. The number of likely N-dealkylation sites (tertiary alicyclic amines) is 1. The molecule has 0 aromatic carbocycles. The zero-order valence-corrected chi connectivity index (χ0v) is 12.3. The summed E-state index contributed by atoms with van der Waals surface area (Å²) in [7, 11) is 4.54. The fourth-order valence-corrected chi connectivity index (χ4v) is 4.15. The summed E-state index contributed by atoms with van der Waals surface area (Å²) >= 11 is 1.61. The van der Waals surface area contributed by atoms with E-state index in [1.54, 1.807) is 11.8 Å². The lowest BCUT2D eigenvalue weighted by Gasteiger charge is -2.52. The Morgan fingerprint density at radius 3 is 2.47 bits per heavy atom. The van der Waals surface area contributed by atoms with Gasteiger partial charge in [-0.1, -0.05) is 11.8 Å². The van der Waals surface area contributed by atoms with Crippen LogP contribution in [0.5, 0.6) is 0 Å². The van der Waals surface area contributed by atoms with Crippen molar-refractivity contribution >= 4 is 16.9 Å². The molecular formula is C13H25N2OS+. The predicted molar refractivity (Wildman–Crippen MR) is 72.9 cm³/mol. The maximum absolute atomic E-state index is 11.7. The number of hydrogen-bond donors (Lipinski definition) is 0. The minimum Gasteiger partial charge on any atom is -0.324 e. The van der Waals surface area contributed by atoms with Crippen LogP contribution >= 0.6 is 11.8 Å². The zero-order valence-electron chi connectivity index (χ0n) is 11.5. The average Bonchev–Trinajstić information content (AvgIpc) is 2.28. The maximum Gasteiger partial charge on any atom is 0.192 e. The van der Waals surface area contributed by atoms with Gasteiger partial charge in [-0.3, -0.25) is 9.69 Å². The van der Waals surface area contributed by atoms with Gasteiger partial charge in [-0.2, -0.15) is 0 Å². The summed E-state index contributed by atoms with van der Waals surface area (Å²) in [6, 6.07) is 0.682. The van der Waals surface area contributed by atoms with Crippen LogP contribution < -0.4 is 0 Å². The molecule has 3 nitrogen and oxygen atoms in total. The van der Waals surface area contributed by atoms with Crippen LogP contribution in [0.2, 0.25) is 0 Å². The highest BCUT2D eigenvalue weighted by atomic mass is 32.2. The molecule has 0 saturated carbocycles. The van der Waals surface area contributed by atoms with Crippen LogP contribution in [0.1, 0.15) is 33.1 Å². The van der Waals surface area contributed by atoms with E-state index in [0.29, 0.717) is 11.2 Å². The summed E-state index contributed by atoms with van der Waals surface area (Å²) in [6.45, 7) is 7.95. The molecule has 0 aromatic heterocycles. The second kappa shape index (κ2) is 4.56. The Hall–Kier alpha value is -0.0600. The van der Waals surface area contributed by atoms with Crippen molar-refractivity contribution in [1.82, 2.24) is 4.90 Å². The quantitative estimate of drug-likeness (QED) is 0.670. The standard InChI is InChI=1S/C13H25N2OS/c1-11(2)15(4)9-6-13(7-10-15)14(3)8-5-12(16)17-13/h11H,5-10H2,1-4H3/q+1. The van der Waals surface area contributed by atoms with Crippen LogP contribution in [0.4, 0.5) is 0 Å². The number of hydrogen-bond acceptors (Lipinski definition) is 3. The first kappa shape index (κ1) is 13.4. The van der Waals surface area contributed by atoms with E-state index in [2.05, 4.69) is 32.8 Å². The fourth-order valence-electron chi connectivity index (χ4n) is 2.90. The minimum absolute atomic E-state index is 0.113. The number of nitrogens with zero attached hydrogens (tertiary/aromatic N) is 2.